The first-order valence-electron chi connectivity index (χ1n) is 11.0. The number of ether oxygens (including phenoxy) is 1. The second-order valence-electron chi connectivity index (χ2n) is 8.33. The van der Waals surface area contributed by atoms with Gasteiger partial charge in [-0.15, -0.1) is 0 Å². The number of rotatable bonds is 6. The van der Waals surface area contributed by atoms with Gasteiger partial charge >= 0.3 is 0 Å². The van der Waals surface area contributed by atoms with E-state index in [0.717, 1.165) is 25.2 Å². The predicted molar refractivity (Wildman–Crippen MR) is 129 cm³/mol. The molecular weight excluding hydrogens is 463 g/mol. The molecule has 1 atom stereocenters. The van der Waals surface area contributed by atoms with Crippen LogP contribution in [0.1, 0.15) is 29.2 Å². The lowest BCUT2D eigenvalue weighted by Gasteiger charge is -2.29. The summed E-state index contributed by atoms with van der Waals surface area (Å²) in [7, 11) is 0. The van der Waals surface area contributed by atoms with Crippen molar-refractivity contribution >= 4 is 40.7 Å². The zero-order valence-corrected chi connectivity index (χ0v) is 19.9. The first kappa shape index (κ1) is 23.8. The van der Waals surface area contributed by atoms with Gasteiger partial charge in [0.25, 0.3) is 11.7 Å². The quantitative estimate of drug-likeness (QED) is 0.369. The van der Waals surface area contributed by atoms with Crippen molar-refractivity contribution in [2.75, 3.05) is 39.4 Å². The number of benzene rings is 2. The average molecular weight is 489 g/mol. The summed E-state index contributed by atoms with van der Waals surface area (Å²) in [5, 5.41) is 11.9. The Hall–Kier alpha value is -2.38. The van der Waals surface area contributed by atoms with Crippen LogP contribution in [0.25, 0.3) is 5.76 Å². The molecule has 0 unspecified atom stereocenters. The highest BCUT2D eigenvalue weighted by atomic mass is 35.5. The van der Waals surface area contributed by atoms with Crippen LogP contribution in [0.2, 0.25) is 10.0 Å². The number of aliphatic hydroxyl groups excluding tert-OH is 1. The Morgan fingerprint density at radius 2 is 1.76 bits per heavy atom. The molecule has 33 heavy (non-hydrogen) atoms. The third-order valence-electron chi connectivity index (χ3n) is 6.10. The highest BCUT2D eigenvalue weighted by Crippen LogP contribution is 2.42. The van der Waals surface area contributed by atoms with E-state index in [9.17, 15) is 14.7 Å². The Labute approximate surface area is 203 Å². The lowest BCUT2D eigenvalue weighted by atomic mass is 9.95. The fourth-order valence-electron chi connectivity index (χ4n) is 4.31. The molecule has 2 aromatic rings. The van der Waals surface area contributed by atoms with Crippen LogP contribution in [0.4, 0.5) is 0 Å². The van der Waals surface area contributed by atoms with Crippen molar-refractivity contribution in [3.05, 3.63) is 74.8 Å². The molecule has 2 fully saturated rings. The molecule has 2 aromatic carbocycles. The molecule has 0 saturated carbocycles. The van der Waals surface area contributed by atoms with Crippen LogP contribution in [-0.4, -0.2) is 66.0 Å². The molecule has 2 saturated heterocycles. The van der Waals surface area contributed by atoms with Crippen LogP contribution < -0.4 is 0 Å². The van der Waals surface area contributed by atoms with Crippen molar-refractivity contribution in [2.45, 2.75) is 19.4 Å². The Bertz CT molecular complexity index is 1080. The van der Waals surface area contributed by atoms with E-state index in [-0.39, 0.29) is 11.3 Å². The Kier molecular flexibility index (Phi) is 7.39. The molecule has 4 rings (SSSR count). The molecule has 0 spiro atoms. The maximum atomic E-state index is 13.1. The van der Waals surface area contributed by atoms with Crippen molar-refractivity contribution in [3.63, 3.8) is 0 Å². The summed E-state index contributed by atoms with van der Waals surface area (Å²) >= 11 is 12.6. The van der Waals surface area contributed by atoms with Gasteiger partial charge in [-0.2, -0.15) is 0 Å². The zero-order chi connectivity index (χ0) is 23.5. The average Bonchev–Trinajstić information content (AvgIpc) is 3.05. The van der Waals surface area contributed by atoms with Crippen LogP contribution in [0.15, 0.2) is 48.0 Å². The second-order valence-corrected chi connectivity index (χ2v) is 9.18. The maximum Gasteiger partial charge on any atom is 0.295 e. The van der Waals surface area contributed by atoms with Gasteiger partial charge in [0.15, 0.2) is 0 Å². The van der Waals surface area contributed by atoms with E-state index in [0.29, 0.717) is 47.4 Å². The van der Waals surface area contributed by atoms with Crippen molar-refractivity contribution in [2.24, 2.45) is 0 Å². The van der Waals surface area contributed by atoms with Crippen LogP contribution >= 0.6 is 23.2 Å². The SMILES string of the molecule is Cc1ccc(C(O)=C2C(=O)C(=O)N(CCCN3CCOCC3)[C@@H]2c2ccc(Cl)cc2Cl)cc1. The summed E-state index contributed by atoms with van der Waals surface area (Å²) in [6.45, 7) is 6.16. The Morgan fingerprint density at radius 3 is 2.42 bits per heavy atom. The number of carbonyl (C=O) groups excluding carboxylic acids is 2. The molecular formula is C25H26Cl2N2O4. The second kappa shape index (κ2) is 10.3. The highest BCUT2D eigenvalue weighted by Gasteiger charge is 2.46. The van der Waals surface area contributed by atoms with E-state index < -0.39 is 17.7 Å². The summed E-state index contributed by atoms with van der Waals surface area (Å²) in [6, 6.07) is 11.3. The molecule has 2 aliphatic rings. The predicted octanol–water partition coefficient (Wildman–Crippen LogP) is 4.45. The molecule has 0 aliphatic carbocycles. The molecule has 1 amide bonds. The number of halogens is 2. The number of Topliss-reactive ketones (excluding diaryl/α,β-unsaturated/α-hetero) is 1. The van der Waals surface area contributed by atoms with Gasteiger partial charge in [0, 0.05) is 41.8 Å². The normalized spacial score (nSPS) is 21.1. The van der Waals surface area contributed by atoms with Gasteiger partial charge in [-0.25, -0.2) is 0 Å². The third kappa shape index (κ3) is 5.09. The van der Waals surface area contributed by atoms with E-state index in [1.807, 2.05) is 19.1 Å². The monoisotopic (exact) mass is 488 g/mol. The van der Waals surface area contributed by atoms with Crippen molar-refractivity contribution in [1.82, 2.24) is 9.80 Å². The van der Waals surface area contributed by atoms with E-state index in [1.165, 1.54) is 4.90 Å². The Balaban J connectivity index is 1.70. The van der Waals surface area contributed by atoms with Crippen LogP contribution in [-0.2, 0) is 14.3 Å². The molecule has 6 nitrogen and oxygen atoms in total. The van der Waals surface area contributed by atoms with E-state index in [2.05, 4.69) is 4.90 Å². The Morgan fingerprint density at radius 1 is 1.06 bits per heavy atom. The number of ketones is 1. The van der Waals surface area contributed by atoms with Crippen molar-refractivity contribution in [3.8, 4) is 0 Å². The number of hydrogen-bond acceptors (Lipinski definition) is 5. The number of amides is 1. The van der Waals surface area contributed by atoms with Gasteiger partial charge in [0.1, 0.15) is 5.76 Å². The van der Waals surface area contributed by atoms with Gasteiger partial charge in [-0.3, -0.25) is 14.5 Å². The van der Waals surface area contributed by atoms with Crippen LogP contribution in [0, 0.1) is 6.92 Å². The molecule has 174 valence electrons. The molecule has 8 heteroatoms. The largest absolute Gasteiger partial charge is 0.507 e. The van der Waals surface area contributed by atoms with E-state index >= 15 is 0 Å². The summed E-state index contributed by atoms with van der Waals surface area (Å²) in [6.07, 6.45) is 0.680. The zero-order valence-electron chi connectivity index (χ0n) is 18.4. The van der Waals surface area contributed by atoms with Crippen LogP contribution in [0.5, 0.6) is 0 Å². The summed E-state index contributed by atoms with van der Waals surface area (Å²) in [5.41, 5.74) is 2.09. The minimum Gasteiger partial charge on any atom is -0.507 e. The number of likely N-dealkylation sites (tertiary alicyclic amines) is 1. The number of nitrogens with zero attached hydrogens (tertiary/aromatic N) is 2. The third-order valence-corrected chi connectivity index (χ3v) is 6.66. The molecule has 0 radical (unpaired) electrons. The first-order valence-corrected chi connectivity index (χ1v) is 11.7. The highest BCUT2D eigenvalue weighted by molar-refractivity contribution is 6.47. The number of hydrogen-bond donors (Lipinski definition) is 1. The van der Waals surface area contributed by atoms with Crippen molar-refractivity contribution < 1.29 is 19.4 Å². The minimum absolute atomic E-state index is 0.0412. The summed E-state index contributed by atoms with van der Waals surface area (Å²) in [4.78, 5) is 30.0. The standard InChI is InChI=1S/C25H26Cl2N2O4/c1-16-3-5-17(6-4-16)23(30)21-22(19-8-7-18(26)15-20(19)27)29(25(32)24(21)31)10-2-9-28-11-13-33-14-12-28/h3-8,15,22,30H,2,9-14H2,1H3/t22-/m1/s1. The molecule has 0 bridgehead atoms. The number of morpholine rings is 1. The maximum absolute atomic E-state index is 13.1. The topological polar surface area (TPSA) is 70.1 Å². The molecule has 2 heterocycles. The fraction of sp³-hybridized carbons (Fsp3) is 0.360. The summed E-state index contributed by atoms with van der Waals surface area (Å²) < 4.78 is 5.39. The molecule has 2 aliphatic heterocycles. The van der Waals surface area contributed by atoms with E-state index in [4.69, 9.17) is 27.9 Å². The molecule has 0 aromatic heterocycles. The van der Waals surface area contributed by atoms with Crippen LogP contribution in [0.3, 0.4) is 0 Å². The lowest BCUT2D eigenvalue weighted by molar-refractivity contribution is -0.140. The smallest absolute Gasteiger partial charge is 0.295 e. The van der Waals surface area contributed by atoms with E-state index in [1.54, 1.807) is 30.3 Å². The van der Waals surface area contributed by atoms with Gasteiger partial charge in [-0.1, -0.05) is 59.1 Å². The van der Waals surface area contributed by atoms with Gasteiger partial charge < -0.3 is 14.7 Å². The fourth-order valence-corrected chi connectivity index (χ4v) is 4.83. The minimum atomic E-state index is -0.791. The van der Waals surface area contributed by atoms with Gasteiger partial charge in [-0.05, 0) is 31.0 Å². The van der Waals surface area contributed by atoms with Gasteiger partial charge in [0.2, 0.25) is 0 Å². The van der Waals surface area contributed by atoms with Crippen molar-refractivity contribution in [1.29, 1.82) is 0 Å². The summed E-state index contributed by atoms with van der Waals surface area (Å²) in [5.74, 6) is -1.56. The number of carbonyl (C=O) groups is 2. The van der Waals surface area contributed by atoms with Gasteiger partial charge in [0.05, 0.1) is 24.8 Å². The number of aliphatic hydroxyl groups is 1. The number of aryl methyl sites for hydroxylation is 1. The lowest BCUT2D eigenvalue weighted by Crippen LogP contribution is -2.39. The first-order chi connectivity index (χ1) is 15.9. The molecule has 1 N–H and O–H groups in total.